The van der Waals surface area contributed by atoms with Crippen LogP contribution in [0.4, 0.5) is 0 Å². The van der Waals surface area contributed by atoms with E-state index in [-0.39, 0.29) is 0 Å². The predicted molar refractivity (Wildman–Crippen MR) is 97.0 cm³/mol. The van der Waals surface area contributed by atoms with Gasteiger partial charge in [-0.1, -0.05) is 12.1 Å². The summed E-state index contributed by atoms with van der Waals surface area (Å²) >= 11 is 0. The molecule has 1 heterocycles. The second-order valence-corrected chi connectivity index (χ2v) is 6.44. The van der Waals surface area contributed by atoms with Crippen molar-refractivity contribution in [1.82, 2.24) is 0 Å². The third kappa shape index (κ3) is 4.16. The second-order valence-electron chi connectivity index (χ2n) is 6.44. The van der Waals surface area contributed by atoms with E-state index in [1.807, 2.05) is 0 Å². The standard InChI is InChI=1S/C20H22O8/c1-26-20(25)11-5-7-13(8-6-11)27-14-4-2-3-12(9-14)19-18(24)17(23)16(22)15(10-21)28-19/h2-9,15-19,21-24H,10H2,1H3. The summed E-state index contributed by atoms with van der Waals surface area (Å²) in [5.41, 5.74) is 0.908. The molecule has 0 spiro atoms. The molecule has 0 bridgehead atoms. The van der Waals surface area contributed by atoms with E-state index < -0.39 is 43.1 Å². The fourth-order valence-electron chi connectivity index (χ4n) is 3.05. The predicted octanol–water partition coefficient (Wildman–Crippen LogP) is 0.780. The van der Waals surface area contributed by atoms with E-state index in [4.69, 9.17) is 9.47 Å². The molecule has 5 atom stereocenters. The lowest BCUT2D eigenvalue weighted by atomic mass is 9.91. The summed E-state index contributed by atoms with van der Waals surface area (Å²) in [5.74, 6) is 0.482. The molecule has 8 nitrogen and oxygen atoms in total. The summed E-state index contributed by atoms with van der Waals surface area (Å²) in [4.78, 5) is 11.5. The summed E-state index contributed by atoms with van der Waals surface area (Å²) in [6.07, 6.45) is -6.16. The number of methoxy groups -OCH3 is 1. The smallest absolute Gasteiger partial charge is 0.337 e. The van der Waals surface area contributed by atoms with Gasteiger partial charge in [0.2, 0.25) is 0 Å². The van der Waals surface area contributed by atoms with Gasteiger partial charge in [0.05, 0.1) is 19.3 Å². The van der Waals surface area contributed by atoms with E-state index in [9.17, 15) is 25.2 Å². The van der Waals surface area contributed by atoms with Crippen LogP contribution in [0.15, 0.2) is 48.5 Å². The number of carbonyl (C=O) groups excluding carboxylic acids is 1. The number of rotatable bonds is 5. The summed E-state index contributed by atoms with van der Waals surface area (Å²) in [6.45, 7) is -0.496. The number of ether oxygens (including phenoxy) is 3. The lowest BCUT2D eigenvalue weighted by Gasteiger charge is -2.40. The third-order valence-electron chi connectivity index (χ3n) is 4.59. The van der Waals surface area contributed by atoms with E-state index in [0.29, 0.717) is 22.6 Å². The maximum absolute atomic E-state index is 11.5. The zero-order valence-corrected chi connectivity index (χ0v) is 15.1. The molecule has 150 valence electrons. The molecule has 1 aliphatic heterocycles. The number of benzene rings is 2. The fourth-order valence-corrected chi connectivity index (χ4v) is 3.05. The molecule has 1 fully saturated rings. The molecule has 0 aromatic heterocycles. The highest BCUT2D eigenvalue weighted by Crippen LogP contribution is 2.34. The van der Waals surface area contributed by atoms with Gasteiger partial charge in [0.25, 0.3) is 0 Å². The Hall–Kier alpha value is -2.49. The number of aliphatic hydroxyl groups excluding tert-OH is 4. The molecule has 8 heteroatoms. The van der Waals surface area contributed by atoms with Crippen molar-refractivity contribution in [2.24, 2.45) is 0 Å². The lowest BCUT2D eigenvalue weighted by Crippen LogP contribution is -2.55. The van der Waals surface area contributed by atoms with E-state index in [1.165, 1.54) is 7.11 Å². The molecule has 2 aromatic rings. The van der Waals surface area contributed by atoms with E-state index >= 15 is 0 Å². The number of carbonyl (C=O) groups is 1. The van der Waals surface area contributed by atoms with Crippen LogP contribution in [0.3, 0.4) is 0 Å². The quantitative estimate of drug-likeness (QED) is 0.552. The van der Waals surface area contributed by atoms with Gasteiger partial charge < -0.3 is 34.6 Å². The van der Waals surface area contributed by atoms with Gasteiger partial charge in [0.1, 0.15) is 42.0 Å². The van der Waals surface area contributed by atoms with Crippen molar-refractivity contribution in [3.05, 3.63) is 59.7 Å². The van der Waals surface area contributed by atoms with Crippen LogP contribution in [0, 0.1) is 0 Å². The van der Waals surface area contributed by atoms with E-state index in [2.05, 4.69) is 4.74 Å². The molecule has 0 amide bonds. The Balaban J connectivity index is 1.77. The first-order valence-electron chi connectivity index (χ1n) is 8.71. The SMILES string of the molecule is COC(=O)c1ccc(Oc2cccc(C3OC(CO)C(O)C(O)C3O)c2)cc1. The fraction of sp³-hybridized carbons (Fsp3) is 0.350. The number of aliphatic hydroxyl groups is 4. The Kier molecular flexibility index (Phi) is 6.28. The molecule has 2 aromatic carbocycles. The molecule has 1 saturated heterocycles. The maximum atomic E-state index is 11.5. The van der Waals surface area contributed by atoms with Crippen LogP contribution in [0.1, 0.15) is 22.0 Å². The Bertz CT molecular complexity index is 804. The summed E-state index contributed by atoms with van der Waals surface area (Å²) in [5, 5.41) is 39.4. The van der Waals surface area contributed by atoms with Crippen LogP contribution in [-0.4, -0.2) is 64.5 Å². The molecule has 0 radical (unpaired) electrons. The van der Waals surface area contributed by atoms with Gasteiger partial charge >= 0.3 is 5.97 Å². The van der Waals surface area contributed by atoms with Gasteiger partial charge in [-0.15, -0.1) is 0 Å². The first-order chi connectivity index (χ1) is 13.4. The number of esters is 1. The average Bonchev–Trinajstić information content (AvgIpc) is 2.72. The monoisotopic (exact) mass is 390 g/mol. The van der Waals surface area contributed by atoms with Crippen molar-refractivity contribution in [1.29, 1.82) is 0 Å². The average molecular weight is 390 g/mol. The second kappa shape index (κ2) is 8.68. The van der Waals surface area contributed by atoms with Crippen LogP contribution in [-0.2, 0) is 9.47 Å². The Morgan fingerprint density at radius 2 is 1.71 bits per heavy atom. The molecule has 4 N–H and O–H groups in total. The minimum Gasteiger partial charge on any atom is -0.465 e. The van der Waals surface area contributed by atoms with Gasteiger partial charge in [0, 0.05) is 0 Å². The molecular formula is C20H22O8. The molecule has 28 heavy (non-hydrogen) atoms. The van der Waals surface area contributed by atoms with Gasteiger partial charge in [-0.05, 0) is 42.0 Å². The van der Waals surface area contributed by atoms with Crippen LogP contribution in [0.5, 0.6) is 11.5 Å². The Morgan fingerprint density at radius 3 is 2.36 bits per heavy atom. The first-order valence-corrected chi connectivity index (χ1v) is 8.71. The van der Waals surface area contributed by atoms with Gasteiger partial charge in [-0.25, -0.2) is 4.79 Å². The first kappa shape index (κ1) is 20.2. The highest BCUT2D eigenvalue weighted by molar-refractivity contribution is 5.89. The topological polar surface area (TPSA) is 126 Å². The van der Waals surface area contributed by atoms with Crippen molar-refractivity contribution in [2.75, 3.05) is 13.7 Å². The van der Waals surface area contributed by atoms with Crippen LogP contribution >= 0.6 is 0 Å². The Labute approximate surface area is 161 Å². The molecule has 0 aliphatic carbocycles. The molecular weight excluding hydrogens is 368 g/mol. The van der Waals surface area contributed by atoms with Crippen molar-refractivity contribution < 1.29 is 39.4 Å². The number of hydrogen-bond donors (Lipinski definition) is 4. The molecule has 5 unspecified atom stereocenters. The zero-order chi connectivity index (χ0) is 20.3. The number of hydrogen-bond acceptors (Lipinski definition) is 8. The van der Waals surface area contributed by atoms with Crippen LogP contribution in [0.25, 0.3) is 0 Å². The highest BCUT2D eigenvalue weighted by Gasteiger charge is 2.43. The minimum absolute atomic E-state index is 0.393. The van der Waals surface area contributed by atoms with E-state index in [1.54, 1.807) is 48.5 Å². The normalized spacial score (nSPS) is 27.2. The zero-order valence-electron chi connectivity index (χ0n) is 15.1. The minimum atomic E-state index is -1.45. The van der Waals surface area contributed by atoms with Crippen molar-refractivity contribution >= 4 is 5.97 Å². The molecule has 0 saturated carbocycles. The van der Waals surface area contributed by atoms with Gasteiger partial charge in [-0.3, -0.25) is 0 Å². The lowest BCUT2D eigenvalue weighted by molar-refractivity contribution is -0.231. The highest BCUT2D eigenvalue weighted by atomic mass is 16.5. The van der Waals surface area contributed by atoms with E-state index in [0.717, 1.165) is 0 Å². The molecule has 3 rings (SSSR count). The van der Waals surface area contributed by atoms with Crippen molar-refractivity contribution in [3.63, 3.8) is 0 Å². The third-order valence-corrected chi connectivity index (χ3v) is 4.59. The molecule has 1 aliphatic rings. The Morgan fingerprint density at radius 1 is 1.00 bits per heavy atom. The van der Waals surface area contributed by atoms with Gasteiger partial charge in [0.15, 0.2) is 0 Å². The van der Waals surface area contributed by atoms with Crippen LogP contribution in [0.2, 0.25) is 0 Å². The van der Waals surface area contributed by atoms with Crippen LogP contribution < -0.4 is 4.74 Å². The summed E-state index contributed by atoms with van der Waals surface area (Å²) in [6, 6.07) is 13.1. The van der Waals surface area contributed by atoms with Gasteiger partial charge in [-0.2, -0.15) is 0 Å². The van der Waals surface area contributed by atoms with Crippen molar-refractivity contribution in [2.45, 2.75) is 30.5 Å². The largest absolute Gasteiger partial charge is 0.465 e. The summed E-state index contributed by atoms with van der Waals surface area (Å²) < 4.78 is 16.0. The van der Waals surface area contributed by atoms with Crippen molar-refractivity contribution in [3.8, 4) is 11.5 Å². The summed E-state index contributed by atoms with van der Waals surface area (Å²) in [7, 11) is 1.30. The maximum Gasteiger partial charge on any atom is 0.337 e.